The largest absolute Gasteiger partial charge is 0.594 e. The molecule has 0 aliphatic carbocycles. The quantitative estimate of drug-likeness (QED) is 0.559. The van der Waals surface area contributed by atoms with Crippen molar-refractivity contribution in [2.45, 2.75) is 18.9 Å². The van der Waals surface area contributed by atoms with Gasteiger partial charge < -0.3 is 21.4 Å². The number of rotatable bonds is 2. The van der Waals surface area contributed by atoms with Crippen LogP contribution in [0.5, 0.6) is 5.75 Å². The summed E-state index contributed by atoms with van der Waals surface area (Å²) in [7, 11) is 0. The van der Waals surface area contributed by atoms with Gasteiger partial charge in [0.1, 0.15) is 11.3 Å². The molecule has 0 radical (unpaired) electrons. The highest BCUT2D eigenvalue weighted by Gasteiger charge is 2.23. The average molecular weight is 261 g/mol. The fourth-order valence-corrected chi connectivity index (χ4v) is 2.27. The van der Waals surface area contributed by atoms with Gasteiger partial charge in [0.2, 0.25) is 5.82 Å². The molecule has 1 unspecified atom stereocenters. The van der Waals surface area contributed by atoms with Gasteiger partial charge in [-0.25, -0.2) is 4.98 Å². The fraction of sp³-hybridized carbons (Fsp3) is 0.417. The molecule has 0 saturated carbocycles. The molecule has 2 heterocycles. The summed E-state index contributed by atoms with van der Waals surface area (Å²) in [6.45, 7) is 0.869. The Balaban J connectivity index is 2.22. The molecular weight excluding hydrogens is 246 g/mol. The topological polar surface area (TPSA) is 114 Å². The van der Waals surface area contributed by atoms with E-state index in [2.05, 4.69) is 10.1 Å². The van der Waals surface area contributed by atoms with Gasteiger partial charge in [0.05, 0.1) is 18.2 Å². The van der Waals surface area contributed by atoms with Crippen LogP contribution in [-0.2, 0) is 6.42 Å². The third-order valence-corrected chi connectivity index (χ3v) is 3.25. The molecule has 1 atom stereocenters. The zero-order valence-electron chi connectivity index (χ0n) is 10.4. The number of fused-ring (bicyclic) bond motifs is 3. The predicted molar refractivity (Wildman–Crippen MR) is 68.3 cm³/mol. The van der Waals surface area contributed by atoms with Crippen molar-refractivity contribution in [3.8, 4) is 5.75 Å². The van der Waals surface area contributed by atoms with Crippen LogP contribution in [0.15, 0.2) is 12.1 Å². The van der Waals surface area contributed by atoms with Crippen LogP contribution in [0.25, 0.3) is 11.0 Å². The van der Waals surface area contributed by atoms with Crippen LogP contribution < -0.4 is 21.0 Å². The molecule has 0 fully saturated rings. The van der Waals surface area contributed by atoms with E-state index in [0.29, 0.717) is 22.5 Å². The lowest BCUT2D eigenvalue weighted by Crippen LogP contribution is -2.38. The molecule has 7 heteroatoms. The summed E-state index contributed by atoms with van der Waals surface area (Å²) in [6.07, 6.45) is 1.68. The Morgan fingerprint density at radius 1 is 1.47 bits per heavy atom. The van der Waals surface area contributed by atoms with Crippen LogP contribution in [-0.4, -0.2) is 23.2 Å². The molecule has 0 amide bonds. The Kier molecular flexibility index (Phi) is 2.92. The van der Waals surface area contributed by atoms with Gasteiger partial charge in [-0.05, 0) is 29.8 Å². The highest BCUT2D eigenvalue weighted by atomic mass is 16.5. The molecule has 4 N–H and O–H groups in total. The van der Waals surface area contributed by atoms with E-state index in [1.54, 1.807) is 6.07 Å². The van der Waals surface area contributed by atoms with Crippen LogP contribution in [0.4, 0.5) is 0 Å². The van der Waals surface area contributed by atoms with E-state index >= 15 is 0 Å². The van der Waals surface area contributed by atoms with Crippen molar-refractivity contribution in [1.82, 2.24) is 10.1 Å². The number of hydrogen-bond donors (Lipinski definition) is 2. The molecule has 1 aliphatic heterocycles. The summed E-state index contributed by atoms with van der Waals surface area (Å²) in [5.41, 5.74) is 13.1. The van der Waals surface area contributed by atoms with Crippen molar-refractivity contribution in [3.63, 3.8) is 0 Å². The molecule has 0 spiro atoms. The monoisotopic (exact) mass is 261 g/mol. The van der Waals surface area contributed by atoms with Crippen molar-refractivity contribution in [1.29, 1.82) is 0 Å². The van der Waals surface area contributed by atoms with Gasteiger partial charge in [0.15, 0.2) is 0 Å². The Morgan fingerprint density at radius 2 is 2.32 bits per heavy atom. The molecule has 19 heavy (non-hydrogen) atoms. The first-order chi connectivity index (χ1) is 9.20. The van der Waals surface area contributed by atoms with E-state index in [1.807, 2.05) is 6.07 Å². The second-order valence-electron chi connectivity index (χ2n) is 4.55. The molecule has 2 aromatic rings. The maximum atomic E-state index is 12.1. The Bertz CT molecular complexity index is 631. The van der Waals surface area contributed by atoms with Gasteiger partial charge in [-0.2, -0.15) is 0 Å². The van der Waals surface area contributed by atoms with E-state index in [0.717, 1.165) is 24.2 Å². The number of aromatic nitrogens is 3. The normalized spacial score (nSPS) is 15.9. The lowest BCUT2D eigenvalue weighted by atomic mass is 10.0. The second-order valence-corrected chi connectivity index (χ2v) is 4.55. The number of hydrogen-bond acceptors (Lipinski definition) is 6. The highest BCUT2D eigenvalue weighted by Crippen LogP contribution is 2.29. The molecule has 0 bridgehead atoms. The fourth-order valence-electron chi connectivity index (χ4n) is 2.27. The molecule has 3 rings (SSSR count). The highest BCUT2D eigenvalue weighted by molar-refractivity contribution is 5.77. The van der Waals surface area contributed by atoms with Gasteiger partial charge in [0.25, 0.3) is 5.52 Å². The molecule has 100 valence electrons. The standard InChI is InChI=1S/C12H15N5O2/c13-6-8(14)12-15-9-3-4-10-7(2-1-5-19-10)11(9)17(18)16-12/h3-4,8H,1-2,5-6,13-14H2. The summed E-state index contributed by atoms with van der Waals surface area (Å²) in [5.74, 6) is 1.00. The Hall–Kier alpha value is -1.99. The maximum Gasteiger partial charge on any atom is 0.277 e. The summed E-state index contributed by atoms with van der Waals surface area (Å²) in [6, 6.07) is 3.06. The number of nitrogens with zero attached hydrogens (tertiary/aromatic N) is 3. The Labute approximate surface area is 109 Å². The van der Waals surface area contributed by atoms with Gasteiger partial charge in [-0.1, -0.05) is 0 Å². The van der Waals surface area contributed by atoms with Gasteiger partial charge in [0, 0.05) is 11.6 Å². The van der Waals surface area contributed by atoms with Crippen molar-refractivity contribution in [3.05, 3.63) is 28.7 Å². The molecule has 0 saturated heterocycles. The van der Waals surface area contributed by atoms with Crippen LogP contribution in [0.2, 0.25) is 0 Å². The minimum Gasteiger partial charge on any atom is -0.594 e. The lowest BCUT2D eigenvalue weighted by molar-refractivity contribution is -0.644. The summed E-state index contributed by atoms with van der Waals surface area (Å²) < 4.78 is 5.53. The molecule has 7 nitrogen and oxygen atoms in total. The lowest BCUT2D eigenvalue weighted by Gasteiger charge is -2.17. The van der Waals surface area contributed by atoms with Gasteiger partial charge in [-0.15, -0.1) is 0 Å². The number of benzene rings is 1. The molecule has 1 aliphatic rings. The van der Waals surface area contributed by atoms with E-state index < -0.39 is 6.04 Å². The number of aryl methyl sites for hydroxylation is 1. The zero-order valence-corrected chi connectivity index (χ0v) is 10.4. The first kappa shape index (κ1) is 12.1. The Morgan fingerprint density at radius 3 is 3.11 bits per heavy atom. The van der Waals surface area contributed by atoms with E-state index in [9.17, 15) is 5.21 Å². The number of nitrogens with two attached hydrogens (primary N) is 2. The summed E-state index contributed by atoms with van der Waals surface area (Å²) in [5, 5.41) is 16.0. The van der Waals surface area contributed by atoms with E-state index in [1.165, 1.54) is 0 Å². The minimum absolute atomic E-state index is 0.194. The summed E-state index contributed by atoms with van der Waals surface area (Å²) in [4.78, 5) is 4.91. The van der Waals surface area contributed by atoms with Gasteiger partial charge in [-0.3, -0.25) is 0 Å². The SMILES string of the molecule is NCC(N)c1nc2ccc3c(c2[n+]([O-])n1)CCCO3. The third-order valence-electron chi connectivity index (χ3n) is 3.25. The zero-order chi connectivity index (χ0) is 13.4. The van der Waals surface area contributed by atoms with Crippen LogP contribution in [0.3, 0.4) is 0 Å². The number of ether oxygens (including phenoxy) is 1. The van der Waals surface area contributed by atoms with Crippen molar-refractivity contribution >= 4 is 11.0 Å². The van der Waals surface area contributed by atoms with Crippen molar-refractivity contribution in [2.24, 2.45) is 11.5 Å². The minimum atomic E-state index is -0.531. The third kappa shape index (κ3) is 1.96. The smallest absolute Gasteiger partial charge is 0.277 e. The van der Waals surface area contributed by atoms with E-state index in [-0.39, 0.29) is 12.4 Å². The van der Waals surface area contributed by atoms with Gasteiger partial charge >= 0.3 is 0 Å². The predicted octanol–water partition coefficient (Wildman–Crippen LogP) is -0.453. The second kappa shape index (κ2) is 4.60. The maximum absolute atomic E-state index is 12.1. The molecule has 1 aromatic heterocycles. The van der Waals surface area contributed by atoms with Crippen LogP contribution >= 0.6 is 0 Å². The van der Waals surface area contributed by atoms with Crippen LogP contribution in [0.1, 0.15) is 23.9 Å². The molecule has 1 aromatic carbocycles. The van der Waals surface area contributed by atoms with Crippen molar-refractivity contribution < 1.29 is 9.58 Å². The van der Waals surface area contributed by atoms with E-state index in [4.69, 9.17) is 16.2 Å². The average Bonchev–Trinajstić information content (AvgIpc) is 2.45. The summed E-state index contributed by atoms with van der Waals surface area (Å²) >= 11 is 0. The van der Waals surface area contributed by atoms with Crippen LogP contribution in [0, 0.1) is 5.21 Å². The van der Waals surface area contributed by atoms with Crippen molar-refractivity contribution in [2.75, 3.05) is 13.2 Å². The first-order valence-electron chi connectivity index (χ1n) is 6.22. The first-order valence-corrected chi connectivity index (χ1v) is 6.22. The molecular formula is C12H15N5O2.